The molecule has 2 heterocycles. The number of rotatable bonds is 7. The van der Waals surface area contributed by atoms with Crippen LogP contribution in [0.4, 0.5) is 5.69 Å². The molecule has 1 atom stereocenters. The number of ether oxygens (including phenoxy) is 1. The first-order valence-corrected chi connectivity index (χ1v) is 10.8. The first-order valence-electron chi connectivity index (χ1n) is 9.96. The first kappa shape index (κ1) is 20.5. The van der Waals surface area contributed by atoms with Gasteiger partial charge in [-0.25, -0.2) is 4.98 Å². The number of aliphatic imine (C=N–C) groups is 1. The zero-order valence-corrected chi connectivity index (χ0v) is 18.1. The van der Waals surface area contributed by atoms with Gasteiger partial charge >= 0.3 is 0 Å². The van der Waals surface area contributed by atoms with Crippen molar-refractivity contribution in [1.29, 1.82) is 0 Å². The summed E-state index contributed by atoms with van der Waals surface area (Å²) in [5.74, 6) is 1.83. The lowest BCUT2D eigenvalue weighted by Gasteiger charge is -2.22. The molecule has 2 aromatic rings. The molecule has 0 amide bonds. The van der Waals surface area contributed by atoms with Gasteiger partial charge in [-0.3, -0.25) is 4.99 Å². The molecular weight excluding hydrogens is 370 g/mol. The lowest BCUT2D eigenvalue weighted by molar-refractivity contribution is 0.415. The molecule has 6 nitrogen and oxygen atoms in total. The van der Waals surface area contributed by atoms with E-state index in [2.05, 4.69) is 53.4 Å². The highest BCUT2D eigenvalue weighted by molar-refractivity contribution is 7.11. The fourth-order valence-corrected chi connectivity index (χ4v) is 4.50. The van der Waals surface area contributed by atoms with E-state index in [-0.39, 0.29) is 0 Å². The van der Waals surface area contributed by atoms with Crippen molar-refractivity contribution in [1.82, 2.24) is 15.6 Å². The summed E-state index contributed by atoms with van der Waals surface area (Å²) in [6.45, 7) is 9.81. The number of benzene rings is 1. The quantitative estimate of drug-likeness (QED) is 0.551. The Kier molecular flexibility index (Phi) is 7.14. The highest BCUT2D eigenvalue weighted by Crippen LogP contribution is 2.30. The van der Waals surface area contributed by atoms with Crippen molar-refractivity contribution in [3.63, 3.8) is 0 Å². The highest BCUT2D eigenvalue weighted by atomic mass is 32.1. The standard InChI is InChI=1S/C21H31N5OS/c1-5-22-21(23-12-10-20-15(2)24-16(3)28-20)25-17-11-13-26(14-17)18-8-6-7-9-19(18)27-4/h6-9,17H,5,10-14H2,1-4H3,(H2,22,23,25). The Balaban J connectivity index is 1.57. The number of para-hydroxylation sites is 2. The van der Waals surface area contributed by atoms with Crippen molar-refractivity contribution in [2.75, 3.05) is 38.2 Å². The van der Waals surface area contributed by atoms with Crippen molar-refractivity contribution < 1.29 is 4.74 Å². The summed E-state index contributed by atoms with van der Waals surface area (Å²) in [6.07, 6.45) is 2.02. The normalized spacial score (nSPS) is 17.1. The minimum atomic E-state index is 0.370. The van der Waals surface area contributed by atoms with Crippen LogP contribution in [0.3, 0.4) is 0 Å². The number of hydrogen-bond donors (Lipinski definition) is 2. The van der Waals surface area contributed by atoms with Crippen LogP contribution in [-0.4, -0.2) is 50.3 Å². The molecule has 0 bridgehead atoms. The van der Waals surface area contributed by atoms with Crippen molar-refractivity contribution in [3.8, 4) is 5.75 Å². The SMILES string of the molecule is CCNC(=NCCc1sc(C)nc1C)NC1CCN(c2ccccc2OC)C1. The largest absolute Gasteiger partial charge is 0.495 e. The first-order chi connectivity index (χ1) is 13.6. The van der Waals surface area contributed by atoms with E-state index in [0.717, 1.165) is 67.1 Å². The third-order valence-corrected chi connectivity index (χ3v) is 6.04. The molecule has 152 valence electrons. The topological polar surface area (TPSA) is 61.8 Å². The second-order valence-electron chi connectivity index (χ2n) is 7.00. The van der Waals surface area contributed by atoms with E-state index in [1.807, 2.05) is 12.1 Å². The van der Waals surface area contributed by atoms with E-state index in [0.29, 0.717) is 6.04 Å². The summed E-state index contributed by atoms with van der Waals surface area (Å²) < 4.78 is 5.52. The Bertz CT molecular complexity index is 804. The summed E-state index contributed by atoms with van der Waals surface area (Å²) >= 11 is 1.77. The predicted octanol–water partition coefficient (Wildman–Crippen LogP) is 3.15. The zero-order chi connectivity index (χ0) is 19.9. The van der Waals surface area contributed by atoms with E-state index >= 15 is 0 Å². The molecule has 1 aromatic carbocycles. The Labute approximate surface area is 172 Å². The van der Waals surface area contributed by atoms with E-state index < -0.39 is 0 Å². The monoisotopic (exact) mass is 401 g/mol. The Morgan fingerprint density at radius 2 is 2.18 bits per heavy atom. The highest BCUT2D eigenvalue weighted by Gasteiger charge is 2.25. The second kappa shape index (κ2) is 9.78. The van der Waals surface area contributed by atoms with E-state index in [4.69, 9.17) is 9.73 Å². The average molecular weight is 402 g/mol. The summed E-state index contributed by atoms with van der Waals surface area (Å²) in [5, 5.41) is 8.11. The lowest BCUT2D eigenvalue weighted by atomic mass is 10.2. The average Bonchev–Trinajstić information content (AvgIpc) is 3.27. The van der Waals surface area contributed by atoms with Crippen molar-refractivity contribution in [2.45, 2.75) is 39.7 Å². The number of thiazole rings is 1. The molecule has 1 aliphatic rings. The molecule has 0 radical (unpaired) electrons. The Morgan fingerprint density at radius 1 is 1.36 bits per heavy atom. The van der Waals surface area contributed by atoms with Crippen LogP contribution in [0.5, 0.6) is 5.75 Å². The minimum absolute atomic E-state index is 0.370. The molecule has 28 heavy (non-hydrogen) atoms. The van der Waals surface area contributed by atoms with Gasteiger partial charge in [0.15, 0.2) is 5.96 Å². The molecule has 1 aromatic heterocycles. The number of nitrogens with zero attached hydrogens (tertiary/aromatic N) is 3. The summed E-state index contributed by atoms with van der Waals surface area (Å²) in [4.78, 5) is 13.0. The molecular formula is C21H31N5OS. The van der Waals surface area contributed by atoms with Gasteiger partial charge in [-0.1, -0.05) is 12.1 Å². The summed E-state index contributed by atoms with van der Waals surface area (Å²) in [6, 6.07) is 8.59. The molecule has 2 N–H and O–H groups in total. The third-order valence-electron chi connectivity index (χ3n) is 4.91. The van der Waals surface area contributed by atoms with Gasteiger partial charge in [0, 0.05) is 43.5 Å². The van der Waals surface area contributed by atoms with Gasteiger partial charge in [0.2, 0.25) is 0 Å². The molecule has 0 spiro atoms. The van der Waals surface area contributed by atoms with E-state index in [1.54, 1.807) is 18.4 Å². The molecule has 0 aliphatic carbocycles. The van der Waals surface area contributed by atoms with Crippen molar-refractivity contribution in [2.24, 2.45) is 4.99 Å². The Hall–Kier alpha value is -2.28. The van der Waals surface area contributed by atoms with Gasteiger partial charge in [-0.2, -0.15) is 0 Å². The smallest absolute Gasteiger partial charge is 0.191 e. The summed E-state index contributed by atoms with van der Waals surface area (Å²) in [5.41, 5.74) is 2.30. The van der Waals surface area contributed by atoms with Crippen LogP contribution in [0.2, 0.25) is 0 Å². The second-order valence-corrected chi connectivity index (χ2v) is 8.29. The van der Waals surface area contributed by atoms with Gasteiger partial charge < -0.3 is 20.3 Å². The molecule has 1 unspecified atom stereocenters. The predicted molar refractivity (Wildman–Crippen MR) is 118 cm³/mol. The molecule has 1 aliphatic heterocycles. The number of aromatic nitrogens is 1. The van der Waals surface area contributed by atoms with Crippen molar-refractivity contribution >= 4 is 23.0 Å². The maximum absolute atomic E-state index is 5.52. The maximum atomic E-state index is 5.52. The van der Waals surface area contributed by atoms with Crippen LogP contribution in [0, 0.1) is 13.8 Å². The number of nitrogens with one attached hydrogen (secondary N) is 2. The number of hydrogen-bond acceptors (Lipinski definition) is 5. The number of guanidine groups is 1. The third kappa shape index (κ3) is 5.16. The van der Waals surface area contributed by atoms with Crippen LogP contribution in [0.1, 0.15) is 28.9 Å². The van der Waals surface area contributed by atoms with Gasteiger partial charge in [0.1, 0.15) is 5.75 Å². The van der Waals surface area contributed by atoms with Crippen molar-refractivity contribution in [3.05, 3.63) is 39.8 Å². The molecule has 1 saturated heterocycles. The van der Waals surface area contributed by atoms with Gasteiger partial charge in [0.25, 0.3) is 0 Å². The van der Waals surface area contributed by atoms with Gasteiger partial charge in [0.05, 0.1) is 23.5 Å². The summed E-state index contributed by atoms with van der Waals surface area (Å²) in [7, 11) is 1.73. The molecule has 0 saturated carbocycles. The molecule has 7 heteroatoms. The molecule has 1 fully saturated rings. The minimum Gasteiger partial charge on any atom is -0.495 e. The fraction of sp³-hybridized carbons (Fsp3) is 0.524. The number of anilines is 1. The number of methoxy groups -OCH3 is 1. The van der Waals surface area contributed by atoms with Crippen LogP contribution in [0.25, 0.3) is 0 Å². The van der Waals surface area contributed by atoms with Crippen LogP contribution < -0.4 is 20.3 Å². The lowest BCUT2D eigenvalue weighted by Crippen LogP contribution is -2.44. The van der Waals surface area contributed by atoms with Crippen LogP contribution >= 0.6 is 11.3 Å². The Morgan fingerprint density at radius 3 is 2.89 bits per heavy atom. The van der Waals surface area contributed by atoms with E-state index in [9.17, 15) is 0 Å². The van der Waals surface area contributed by atoms with Crippen LogP contribution in [-0.2, 0) is 6.42 Å². The van der Waals surface area contributed by atoms with E-state index in [1.165, 1.54) is 4.88 Å². The van der Waals surface area contributed by atoms with Crippen LogP contribution in [0.15, 0.2) is 29.3 Å². The van der Waals surface area contributed by atoms with Gasteiger partial charge in [-0.05, 0) is 39.3 Å². The zero-order valence-electron chi connectivity index (χ0n) is 17.3. The number of aryl methyl sites for hydroxylation is 2. The fourth-order valence-electron chi connectivity index (χ4n) is 3.58. The maximum Gasteiger partial charge on any atom is 0.191 e. The molecule has 3 rings (SSSR count). The van der Waals surface area contributed by atoms with Gasteiger partial charge in [-0.15, -0.1) is 11.3 Å².